The molecule has 8 heteroatoms. The number of ether oxygens (including phenoxy) is 1. The Balaban J connectivity index is 1.88. The van der Waals surface area contributed by atoms with Crippen LogP contribution in [0.25, 0.3) is 0 Å². The number of nitrogens with zero attached hydrogens (tertiary/aromatic N) is 2. The smallest absolute Gasteiger partial charge is 0.264 e. The van der Waals surface area contributed by atoms with E-state index >= 15 is 0 Å². The van der Waals surface area contributed by atoms with Crippen LogP contribution < -0.4 is 10.2 Å². The van der Waals surface area contributed by atoms with Crippen LogP contribution in [0.1, 0.15) is 41.9 Å². The van der Waals surface area contributed by atoms with Crippen LogP contribution in [-0.4, -0.2) is 55.9 Å². The second-order valence-corrected chi connectivity index (χ2v) is 10.2. The van der Waals surface area contributed by atoms with Gasteiger partial charge in [-0.05, 0) is 61.9 Å². The number of carbonyl (C=O) groups excluding carboxylic acids is 2. The van der Waals surface area contributed by atoms with E-state index in [-0.39, 0.29) is 23.8 Å². The molecule has 2 aromatic rings. The van der Waals surface area contributed by atoms with E-state index in [1.54, 1.807) is 0 Å². The number of nitrogens with one attached hydrogen (secondary N) is 1. The fraction of sp³-hybridized carbons (Fsp3) is 0.500. The second-order valence-electron chi connectivity index (χ2n) is 9.01. The molecule has 1 N–H and O–H groups in total. The highest BCUT2D eigenvalue weighted by molar-refractivity contribution is 7.12. The Morgan fingerprint density at radius 1 is 1.28 bits per heavy atom. The molecule has 0 radical (unpaired) electrons. The zero-order valence-corrected chi connectivity index (χ0v) is 20.8. The molecule has 1 fully saturated rings. The minimum atomic E-state index is -0.678. The SMILES string of the molecule is CN(C)c1ccc(NC(=O)C(C)(C)CCl)cc1CN(CC1CCCO1)C(=O)c1cccs1. The van der Waals surface area contributed by atoms with Crippen molar-refractivity contribution < 1.29 is 14.3 Å². The highest BCUT2D eigenvalue weighted by atomic mass is 35.5. The number of anilines is 2. The van der Waals surface area contributed by atoms with Crippen LogP contribution in [0.5, 0.6) is 0 Å². The van der Waals surface area contributed by atoms with Gasteiger partial charge in [0.05, 0.1) is 16.4 Å². The molecule has 0 aliphatic carbocycles. The van der Waals surface area contributed by atoms with Gasteiger partial charge in [0, 0.05) is 51.0 Å². The van der Waals surface area contributed by atoms with E-state index in [0.717, 1.165) is 30.7 Å². The van der Waals surface area contributed by atoms with Gasteiger partial charge in [0.15, 0.2) is 0 Å². The molecule has 32 heavy (non-hydrogen) atoms. The minimum Gasteiger partial charge on any atom is -0.377 e. The first-order valence-corrected chi connectivity index (χ1v) is 12.2. The van der Waals surface area contributed by atoms with Gasteiger partial charge < -0.3 is 19.9 Å². The van der Waals surface area contributed by atoms with Crippen molar-refractivity contribution in [1.82, 2.24) is 4.90 Å². The topological polar surface area (TPSA) is 61.9 Å². The van der Waals surface area contributed by atoms with Gasteiger partial charge >= 0.3 is 0 Å². The van der Waals surface area contributed by atoms with Crippen LogP contribution in [0.2, 0.25) is 0 Å². The average molecular weight is 478 g/mol. The van der Waals surface area contributed by atoms with Gasteiger partial charge in [-0.25, -0.2) is 0 Å². The average Bonchev–Trinajstić information content (AvgIpc) is 3.47. The van der Waals surface area contributed by atoms with Crippen molar-refractivity contribution in [3.63, 3.8) is 0 Å². The molecular weight excluding hydrogens is 446 g/mol. The monoisotopic (exact) mass is 477 g/mol. The lowest BCUT2D eigenvalue weighted by Gasteiger charge is -2.28. The van der Waals surface area contributed by atoms with E-state index in [4.69, 9.17) is 16.3 Å². The number of halogens is 1. The molecule has 0 bridgehead atoms. The summed E-state index contributed by atoms with van der Waals surface area (Å²) in [6, 6.07) is 9.54. The van der Waals surface area contributed by atoms with Crippen molar-refractivity contribution in [2.75, 3.05) is 43.3 Å². The van der Waals surface area contributed by atoms with Gasteiger partial charge in [-0.1, -0.05) is 6.07 Å². The van der Waals surface area contributed by atoms with Crippen molar-refractivity contribution in [3.05, 3.63) is 46.2 Å². The summed E-state index contributed by atoms with van der Waals surface area (Å²) >= 11 is 7.41. The molecule has 2 amide bonds. The maximum absolute atomic E-state index is 13.3. The lowest BCUT2D eigenvalue weighted by molar-refractivity contribution is -0.122. The van der Waals surface area contributed by atoms with Crippen LogP contribution >= 0.6 is 22.9 Å². The fourth-order valence-electron chi connectivity index (χ4n) is 3.60. The lowest BCUT2D eigenvalue weighted by Crippen LogP contribution is -2.37. The summed E-state index contributed by atoms with van der Waals surface area (Å²) in [7, 11) is 3.94. The van der Waals surface area contributed by atoms with Gasteiger partial charge in [-0.3, -0.25) is 9.59 Å². The van der Waals surface area contributed by atoms with Crippen LogP contribution in [0.3, 0.4) is 0 Å². The molecule has 1 aliphatic heterocycles. The zero-order valence-electron chi connectivity index (χ0n) is 19.2. The fourth-order valence-corrected chi connectivity index (χ4v) is 4.41. The number of benzene rings is 1. The number of rotatable bonds is 9. The number of hydrogen-bond acceptors (Lipinski definition) is 5. The Morgan fingerprint density at radius 2 is 2.06 bits per heavy atom. The number of alkyl halides is 1. The third kappa shape index (κ3) is 6.03. The standard InChI is InChI=1S/C24H32ClN3O3S/c1-24(2,16-25)23(30)26-18-9-10-20(27(3)4)17(13-18)14-28(15-19-7-5-11-31-19)22(29)21-8-6-12-32-21/h6,8-10,12-13,19H,5,7,11,14-16H2,1-4H3,(H,26,30). The van der Waals surface area contributed by atoms with E-state index < -0.39 is 5.41 Å². The molecule has 1 aromatic carbocycles. The highest BCUT2D eigenvalue weighted by Crippen LogP contribution is 2.28. The van der Waals surface area contributed by atoms with Crippen LogP contribution in [0.15, 0.2) is 35.7 Å². The predicted octanol–water partition coefficient (Wildman–Crippen LogP) is 4.84. The van der Waals surface area contributed by atoms with E-state index in [2.05, 4.69) is 5.32 Å². The van der Waals surface area contributed by atoms with E-state index in [1.165, 1.54) is 11.3 Å². The summed E-state index contributed by atoms with van der Waals surface area (Å²) in [5.74, 6) is 0.0891. The van der Waals surface area contributed by atoms with Crippen LogP contribution in [-0.2, 0) is 16.1 Å². The third-order valence-corrected chi connectivity index (χ3v) is 7.12. The van der Waals surface area contributed by atoms with Gasteiger partial charge in [0.25, 0.3) is 5.91 Å². The zero-order chi connectivity index (χ0) is 23.3. The Morgan fingerprint density at radius 3 is 2.66 bits per heavy atom. The predicted molar refractivity (Wildman–Crippen MR) is 132 cm³/mol. The molecule has 174 valence electrons. The normalized spacial score (nSPS) is 16.1. The van der Waals surface area contributed by atoms with Gasteiger partial charge in [-0.15, -0.1) is 22.9 Å². The number of thiophene rings is 1. The van der Waals surface area contributed by atoms with Crippen molar-refractivity contribution in [3.8, 4) is 0 Å². The maximum atomic E-state index is 13.3. The molecule has 1 aromatic heterocycles. The van der Waals surface area contributed by atoms with Gasteiger partial charge in [-0.2, -0.15) is 0 Å². The minimum absolute atomic E-state index is 0.00193. The molecule has 0 saturated carbocycles. The first kappa shape index (κ1) is 24.6. The Labute approximate surface area is 199 Å². The largest absolute Gasteiger partial charge is 0.377 e. The quantitative estimate of drug-likeness (QED) is 0.525. The van der Waals surface area contributed by atoms with Crippen molar-refractivity contribution >= 4 is 46.1 Å². The van der Waals surface area contributed by atoms with E-state index in [0.29, 0.717) is 23.7 Å². The number of hydrogen-bond donors (Lipinski definition) is 1. The van der Waals surface area contributed by atoms with E-state index in [9.17, 15) is 9.59 Å². The van der Waals surface area contributed by atoms with Crippen molar-refractivity contribution in [2.24, 2.45) is 5.41 Å². The molecule has 1 aliphatic rings. The van der Waals surface area contributed by atoms with Crippen molar-refractivity contribution in [2.45, 2.75) is 39.3 Å². The lowest BCUT2D eigenvalue weighted by atomic mass is 9.95. The Kier molecular flexibility index (Phi) is 8.20. The van der Waals surface area contributed by atoms with Gasteiger partial charge in [0.2, 0.25) is 5.91 Å². The molecule has 1 atom stereocenters. The number of carbonyl (C=O) groups is 2. The summed E-state index contributed by atoms with van der Waals surface area (Å²) in [6.45, 7) is 5.33. The second kappa shape index (κ2) is 10.7. The summed E-state index contributed by atoms with van der Waals surface area (Å²) in [4.78, 5) is 30.5. The third-order valence-electron chi connectivity index (χ3n) is 5.60. The molecule has 2 heterocycles. The summed E-state index contributed by atoms with van der Waals surface area (Å²) in [5, 5.41) is 4.89. The molecule has 1 saturated heterocycles. The molecular formula is C24H32ClN3O3S. The number of amides is 2. The van der Waals surface area contributed by atoms with Crippen LogP contribution in [0.4, 0.5) is 11.4 Å². The summed E-state index contributed by atoms with van der Waals surface area (Å²) < 4.78 is 5.82. The molecule has 0 spiro atoms. The van der Waals surface area contributed by atoms with Crippen LogP contribution in [0, 0.1) is 5.41 Å². The first-order valence-electron chi connectivity index (χ1n) is 10.8. The van der Waals surface area contributed by atoms with Crippen molar-refractivity contribution in [1.29, 1.82) is 0 Å². The molecule has 6 nitrogen and oxygen atoms in total. The Bertz CT molecular complexity index is 925. The Hall–Kier alpha value is -2.09. The van der Waals surface area contributed by atoms with E-state index in [1.807, 2.05) is 73.5 Å². The summed E-state index contributed by atoms with van der Waals surface area (Å²) in [6.07, 6.45) is 2.03. The summed E-state index contributed by atoms with van der Waals surface area (Å²) in [5.41, 5.74) is 1.97. The maximum Gasteiger partial charge on any atom is 0.264 e. The molecule has 1 unspecified atom stereocenters. The first-order chi connectivity index (χ1) is 15.2. The molecule has 3 rings (SSSR count). The van der Waals surface area contributed by atoms with Gasteiger partial charge in [0.1, 0.15) is 0 Å². The highest BCUT2D eigenvalue weighted by Gasteiger charge is 2.28.